The van der Waals surface area contributed by atoms with Gasteiger partial charge in [0.1, 0.15) is 11.6 Å². The third-order valence-electron chi connectivity index (χ3n) is 5.64. The predicted molar refractivity (Wildman–Crippen MR) is 110 cm³/mol. The van der Waals surface area contributed by atoms with Gasteiger partial charge in [-0.25, -0.2) is 9.37 Å². The average Bonchev–Trinajstić information content (AvgIpc) is 3.43. The van der Waals surface area contributed by atoms with Gasteiger partial charge < -0.3 is 9.47 Å². The Hall–Kier alpha value is -2.68. The first-order chi connectivity index (χ1) is 14.8. The van der Waals surface area contributed by atoms with E-state index in [1.807, 2.05) is 11.6 Å². The molecule has 0 atom stereocenters. The highest BCUT2D eigenvalue weighted by molar-refractivity contribution is 7.07. The highest BCUT2D eigenvalue weighted by atomic mass is 32.1. The number of imidazole rings is 1. The molecule has 31 heavy (non-hydrogen) atoms. The van der Waals surface area contributed by atoms with Crippen LogP contribution in [0.2, 0.25) is 0 Å². The summed E-state index contributed by atoms with van der Waals surface area (Å²) in [5, 5.41) is 4.16. The molecule has 2 aromatic heterocycles. The normalized spacial score (nSPS) is 15.4. The number of nitrogens with zero attached hydrogens (tertiary/aromatic N) is 3. The molecule has 164 valence electrons. The van der Waals surface area contributed by atoms with Gasteiger partial charge in [0.05, 0.1) is 11.1 Å². The van der Waals surface area contributed by atoms with Crippen molar-refractivity contribution in [2.24, 2.45) is 0 Å². The molecule has 3 aromatic rings. The number of aryl methyl sites for hydroxylation is 2. The van der Waals surface area contributed by atoms with Crippen molar-refractivity contribution >= 4 is 17.2 Å². The number of benzene rings is 1. The van der Waals surface area contributed by atoms with Crippen LogP contribution < -0.4 is 0 Å². The highest BCUT2D eigenvalue weighted by Gasteiger charge is 2.33. The van der Waals surface area contributed by atoms with Gasteiger partial charge in [0.15, 0.2) is 0 Å². The molecule has 1 aliphatic heterocycles. The summed E-state index contributed by atoms with van der Waals surface area (Å²) in [4.78, 5) is 18.6. The molecule has 0 bridgehead atoms. The fourth-order valence-electron chi connectivity index (χ4n) is 3.93. The van der Waals surface area contributed by atoms with E-state index in [-0.39, 0.29) is 5.92 Å². The predicted octanol–water partition coefficient (Wildman–Crippen LogP) is 5.37. The molecule has 1 saturated heterocycles. The number of alkyl halides is 3. The molecule has 4 rings (SSSR count). The molecular formula is C22H21F4N3OS. The lowest BCUT2D eigenvalue weighted by Gasteiger charge is -2.32. The van der Waals surface area contributed by atoms with Crippen molar-refractivity contribution in [3.05, 3.63) is 75.8 Å². The van der Waals surface area contributed by atoms with Crippen LogP contribution in [0.15, 0.2) is 47.4 Å². The number of hydrogen-bond acceptors (Lipinski definition) is 3. The van der Waals surface area contributed by atoms with Crippen LogP contribution >= 0.6 is 11.3 Å². The van der Waals surface area contributed by atoms with E-state index in [2.05, 4.69) is 21.0 Å². The van der Waals surface area contributed by atoms with Gasteiger partial charge in [-0.05, 0) is 59.9 Å². The van der Waals surface area contributed by atoms with E-state index >= 15 is 0 Å². The van der Waals surface area contributed by atoms with Gasteiger partial charge in [-0.1, -0.05) is 0 Å². The molecule has 0 N–H and O–H groups in total. The number of halogens is 4. The number of likely N-dealkylation sites (tertiary alicyclic amines) is 1. The molecule has 0 unspecified atom stereocenters. The van der Waals surface area contributed by atoms with Gasteiger partial charge in [-0.15, -0.1) is 0 Å². The van der Waals surface area contributed by atoms with Crippen LogP contribution in [0.3, 0.4) is 0 Å². The van der Waals surface area contributed by atoms with Crippen LogP contribution in [0.25, 0.3) is 0 Å². The molecule has 0 saturated carbocycles. The van der Waals surface area contributed by atoms with Crippen molar-refractivity contribution in [3.8, 4) is 0 Å². The topological polar surface area (TPSA) is 38.1 Å². The summed E-state index contributed by atoms with van der Waals surface area (Å²) in [6, 6.07) is 4.04. The summed E-state index contributed by atoms with van der Waals surface area (Å²) in [5.41, 5.74) is -0.293. The van der Waals surface area contributed by atoms with E-state index in [4.69, 9.17) is 0 Å². The molecular weight excluding hydrogens is 430 g/mol. The monoisotopic (exact) mass is 451 g/mol. The number of hydrogen-bond donors (Lipinski definition) is 0. The summed E-state index contributed by atoms with van der Waals surface area (Å²) in [6.07, 6.45) is 1.23. The minimum Gasteiger partial charge on any atom is -0.339 e. The SMILES string of the molecule is O=C(c1cc(C(F)(F)F)ccc1F)N1CCC(c2nccn2CCc2ccsc2)CC1. The van der Waals surface area contributed by atoms with Crippen molar-refractivity contribution in [1.29, 1.82) is 0 Å². The maximum absolute atomic E-state index is 14.1. The second-order valence-electron chi connectivity index (χ2n) is 7.62. The highest BCUT2D eigenvalue weighted by Crippen LogP contribution is 2.32. The summed E-state index contributed by atoms with van der Waals surface area (Å²) in [6.45, 7) is 1.49. The van der Waals surface area contributed by atoms with Gasteiger partial charge >= 0.3 is 6.18 Å². The molecule has 1 amide bonds. The fourth-order valence-corrected chi connectivity index (χ4v) is 4.63. The molecule has 9 heteroatoms. The first-order valence-electron chi connectivity index (χ1n) is 10.0. The molecule has 4 nitrogen and oxygen atoms in total. The second-order valence-corrected chi connectivity index (χ2v) is 8.40. The number of aromatic nitrogens is 2. The first-order valence-corrected chi connectivity index (χ1v) is 11.0. The quantitative estimate of drug-likeness (QED) is 0.490. The summed E-state index contributed by atoms with van der Waals surface area (Å²) < 4.78 is 55.1. The Balaban J connectivity index is 1.41. The van der Waals surface area contributed by atoms with Crippen molar-refractivity contribution in [2.45, 2.75) is 37.9 Å². The van der Waals surface area contributed by atoms with Crippen LogP contribution in [0.1, 0.15) is 46.1 Å². The third-order valence-corrected chi connectivity index (χ3v) is 6.37. The average molecular weight is 451 g/mol. The largest absolute Gasteiger partial charge is 0.416 e. The number of rotatable bonds is 5. The lowest BCUT2D eigenvalue weighted by Crippen LogP contribution is -2.39. The zero-order valence-electron chi connectivity index (χ0n) is 16.6. The Kier molecular flexibility index (Phi) is 6.13. The van der Waals surface area contributed by atoms with Gasteiger partial charge in [-0.3, -0.25) is 4.79 Å². The zero-order valence-corrected chi connectivity index (χ0v) is 17.4. The minimum absolute atomic E-state index is 0.146. The fraction of sp³-hybridized carbons (Fsp3) is 0.364. The van der Waals surface area contributed by atoms with Crippen LogP contribution in [0.5, 0.6) is 0 Å². The lowest BCUT2D eigenvalue weighted by atomic mass is 9.95. The molecule has 0 spiro atoms. The van der Waals surface area contributed by atoms with Gasteiger partial charge in [0.2, 0.25) is 0 Å². The summed E-state index contributed by atoms with van der Waals surface area (Å²) in [7, 11) is 0. The van der Waals surface area contributed by atoms with Gasteiger partial charge in [-0.2, -0.15) is 24.5 Å². The molecule has 3 heterocycles. The molecule has 0 radical (unpaired) electrons. The van der Waals surface area contributed by atoms with E-state index in [9.17, 15) is 22.4 Å². The molecule has 0 aliphatic carbocycles. The summed E-state index contributed by atoms with van der Waals surface area (Å²) in [5.74, 6) is -0.549. The maximum Gasteiger partial charge on any atom is 0.416 e. The third kappa shape index (κ3) is 4.81. The first kappa shape index (κ1) is 21.5. The Morgan fingerprint density at radius 3 is 2.65 bits per heavy atom. The Morgan fingerprint density at radius 2 is 1.97 bits per heavy atom. The van der Waals surface area contributed by atoms with E-state index in [1.54, 1.807) is 17.5 Å². The van der Waals surface area contributed by atoms with Crippen molar-refractivity contribution in [1.82, 2.24) is 14.5 Å². The van der Waals surface area contributed by atoms with Crippen molar-refractivity contribution in [2.75, 3.05) is 13.1 Å². The molecule has 1 aromatic carbocycles. The smallest absolute Gasteiger partial charge is 0.339 e. The van der Waals surface area contributed by atoms with Gasteiger partial charge in [0, 0.05) is 37.9 Å². The van der Waals surface area contributed by atoms with E-state index in [0.29, 0.717) is 44.1 Å². The van der Waals surface area contributed by atoms with Crippen molar-refractivity contribution < 1.29 is 22.4 Å². The number of carbonyl (C=O) groups excluding carboxylic acids is 1. The van der Waals surface area contributed by atoms with E-state index in [0.717, 1.165) is 18.8 Å². The Bertz CT molecular complexity index is 1040. The van der Waals surface area contributed by atoms with Gasteiger partial charge in [0.25, 0.3) is 5.91 Å². The zero-order chi connectivity index (χ0) is 22.0. The minimum atomic E-state index is -4.63. The van der Waals surface area contributed by atoms with Crippen LogP contribution in [0, 0.1) is 5.82 Å². The Morgan fingerprint density at radius 1 is 1.19 bits per heavy atom. The Labute approximate surface area is 181 Å². The number of thiophene rings is 1. The van der Waals surface area contributed by atoms with Crippen LogP contribution in [-0.2, 0) is 19.1 Å². The van der Waals surface area contributed by atoms with E-state index < -0.39 is 29.0 Å². The maximum atomic E-state index is 14.1. The second kappa shape index (κ2) is 8.82. The number of amides is 1. The van der Waals surface area contributed by atoms with Crippen molar-refractivity contribution in [3.63, 3.8) is 0 Å². The van der Waals surface area contributed by atoms with Crippen LogP contribution in [-0.4, -0.2) is 33.4 Å². The number of piperidine rings is 1. The molecule has 1 fully saturated rings. The van der Waals surface area contributed by atoms with E-state index in [1.165, 1.54) is 10.5 Å². The van der Waals surface area contributed by atoms with Crippen LogP contribution in [0.4, 0.5) is 17.6 Å². The lowest BCUT2D eigenvalue weighted by molar-refractivity contribution is -0.137. The standard InChI is InChI=1S/C22H21F4N3OS/c23-19-2-1-17(22(24,25)26)13-18(19)21(30)29-9-4-16(5-10-29)20-27-7-11-28(20)8-3-15-6-12-31-14-15/h1-2,6-7,11-14,16H,3-5,8-10H2. The number of carbonyl (C=O) groups is 1. The molecule has 1 aliphatic rings. The summed E-state index contributed by atoms with van der Waals surface area (Å²) >= 11 is 1.66.